The number of hydrogen-bond donors (Lipinski definition) is 4. The number of nitrogen functional groups attached to an aromatic ring is 1. The number of H-pyrrole nitrogens is 2. The Morgan fingerprint density at radius 1 is 0.754 bits per heavy atom. The van der Waals surface area contributed by atoms with Crippen LogP contribution in [0.25, 0.3) is 11.3 Å². The summed E-state index contributed by atoms with van der Waals surface area (Å²) in [5.41, 5.74) is 12.2. The standard InChI is InChI=1S/C25H31N5O4.C20H23N5O2.C2H3N.ClH/c1-15-16(2)26-21-14-19(28-30(21)22(15)31)20-12-8-9-13-29(20)23(32)17-10-6-7-11-18(17)27-24(33)34-25(3,4)5;1-12-13(2)22-18-11-16(23-25(18)19(12)26)17-9-5-6-10-24(17)20(27)14-7-3-4-8-15(14)21;1-2-3;/h6-7,10-11,14,20,28H,8-9,12-13H2,1-5H3,(H,27,33);3-4,7-8,11,17,23H,5-6,9-10,21H2,1-2H3;1H3;1H/t20-;17-;;/m00../s1. The summed E-state index contributed by atoms with van der Waals surface area (Å²) in [5.74, 6) is -0.271. The first kappa shape index (κ1) is 49.1. The monoisotopic (exact) mass is 907 g/mol. The highest BCUT2D eigenvalue weighted by molar-refractivity contribution is 6.03. The highest BCUT2D eigenvalue weighted by Crippen LogP contribution is 2.34. The van der Waals surface area contributed by atoms with Crippen LogP contribution in [0.15, 0.2) is 70.3 Å². The number of nitrogens with zero attached hydrogens (tertiary/aromatic N) is 7. The van der Waals surface area contributed by atoms with Crippen LogP contribution in [0.1, 0.15) is 133 Å². The van der Waals surface area contributed by atoms with Crippen LogP contribution in [0.4, 0.5) is 16.2 Å². The topological polar surface area (TPSA) is 229 Å². The van der Waals surface area contributed by atoms with E-state index in [9.17, 15) is 24.0 Å². The molecule has 6 aromatic rings. The predicted octanol–water partition coefficient (Wildman–Crippen LogP) is 7.89. The van der Waals surface area contributed by atoms with Crippen molar-refractivity contribution in [3.05, 3.63) is 126 Å². The number of halogens is 1. The average molecular weight is 909 g/mol. The Morgan fingerprint density at radius 2 is 1.18 bits per heavy atom. The van der Waals surface area contributed by atoms with Gasteiger partial charge in [-0.15, -0.1) is 12.4 Å². The molecule has 0 spiro atoms. The second kappa shape index (κ2) is 20.7. The van der Waals surface area contributed by atoms with Crippen LogP contribution in [-0.2, 0) is 4.74 Å². The van der Waals surface area contributed by atoms with E-state index in [2.05, 4.69) is 25.5 Å². The zero-order valence-corrected chi connectivity index (χ0v) is 39.0. The third-order valence-electron chi connectivity index (χ3n) is 11.4. The van der Waals surface area contributed by atoms with E-state index in [4.69, 9.17) is 15.7 Å². The maximum atomic E-state index is 13.7. The molecule has 2 aromatic carbocycles. The molecule has 65 heavy (non-hydrogen) atoms. The van der Waals surface area contributed by atoms with E-state index in [0.717, 1.165) is 55.6 Å². The van der Waals surface area contributed by atoms with Crippen molar-refractivity contribution in [2.24, 2.45) is 0 Å². The van der Waals surface area contributed by atoms with Crippen LogP contribution in [0, 0.1) is 39.0 Å². The number of carbonyl (C=O) groups is 3. The van der Waals surface area contributed by atoms with Crippen molar-refractivity contribution in [1.82, 2.24) is 39.0 Å². The number of nitriles is 1. The smallest absolute Gasteiger partial charge is 0.412 e. The normalized spacial score (nSPS) is 16.0. The van der Waals surface area contributed by atoms with Crippen LogP contribution in [0.5, 0.6) is 0 Å². The fraction of sp³-hybridized carbons (Fsp3) is 0.404. The highest BCUT2D eigenvalue weighted by atomic mass is 35.5. The number of aryl methyl sites for hydroxylation is 2. The van der Waals surface area contributed by atoms with Crippen molar-refractivity contribution < 1.29 is 19.1 Å². The molecule has 2 aliphatic rings. The molecule has 17 nitrogen and oxygen atoms in total. The number of hydrogen-bond acceptors (Lipinski definition) is 10. The molecule has 6 heterocycles. The Kier molecular flexibility index (Phi) is 15.6. The summed E-state index contributed by atoms with van der Waals surface area (Å²) in [6, 6.07) is 19.2. The zero-order valence-electron chi connectivity index (χ0n) is 38.2. The quantitative estimate of drug-likeness (QED) is 0.122. The Morgan fingerprint density at radius 3 is 1.65 bits per heavy atom. The lowest BCUT2D eigenvalue weighted by molar-refractivity contribution is 0.0598. The third kappa shape index (κ3) is 10.9. The van der Waals surface area contributed by atoms with Crippen LogP contribution in [0.3, 0.4) is 0 Å². The molecule has 18 heteroatoms. The minimum Gasteiger partial charge on any atom is -0.444 e. The van der Waals surface area contributed by atoms with Crippen molar-refractivity contribution in [2.75, 3.05) is 24.1 Å². The number of carbonyl (C=O) groups excluding carboxylic acids is 3. The van der Waals surface area contributed by atoms with Crippen LogP contribution >= 0.6 is 12.4 Å². The minimum absolute atomic E-state index is 0. The van der Waals surface area contributed by atoms with E-state index in [-0.39, 0.29) is 47.4 Å². The molecular weight excluding hydrogens is 850 g/mol. The molecule has 2 saturated heterocycles. The molecule has 0 radical (unpaired) electrons. The van der Waals surface area contributed by atoms with E-state index in [0.29, 0.717) is 63.7 Å². The molecule has 0 aliphatic carbocycles. The van der Waals surface area contributed by atoms with E-state index >= 15 is 0 Å². The average Bonchev–Trinajstić information content (AvgIpc) is 3.89. The number of para-hydroxylation sites is 2. The Hall–Kier alpha value is -6.93. The number of nitrogens with two attached hydrogens (primary N) is 1. The van der Waals surface area contributed by atoms with Gasteiger partial charge >= 0.3 is 6.09 Å². The van der Waals surface area contributed by atoms with Crippen molar-refractivity contribution in [2.45, 2.75) is 112 Å². The van der Waals surface area contributed by atoms with Gasteiger partial charge < -0.3 is 20.3 Å². The van der Waals surface area contributed by atoms with Crippen molar-refractivity contribution in [3.8, 4) is 6.07 Å². The fourth-order valence-corrected chi connectivity index (χ4v) is 8.01. The van der Waals surface area contributed by atoms with Gasteiger partial charge in [0, 0.05) is 60.3 Å². The molecule has 3 amide bonds. The molecular formula is C47H58ClN11O6. The van der Waals surface area contributed by atoms with Crippen molar-refractivity contribution in [1.29, 1.82) is 5.26 Å². The maximum absolute atomic E-state index is 13.7. The Balaban J connectivity index is 0.000000232. The third-order valence-corrected chi connectivity index (χ3v) is 11.4. The van der Waals surface area contributed by atoms with Crippen LogP contribution in [-0.4, -0.2) is 75.6 Å². The molecule has 0 saturated carbocycles. The molecule has 344 valence electrons. The van der Waals surface area contributed by atoms with Crippen molar-refractivity contribution >= 4 is 53.0 Å². The lowest BCUT2D eigenvalue weighted by atomic mass is 9.98. The summed E-state index contributed by atoms with van der Waals surface area (Å²) >= 11 is 0. The van der Waals surface area contributed by atoms with E-state index in [1.807, 2.05) is 43.0 Å². The first-order chi connectivity index (χ1) is 30.4. The number of anilines is 2. The number of aromatic amines is 2. The van der Waals surface area contributed by atoms with Gasteiger partial charge in [0.25, 0.3) is 22.9 Å². The summed E-state index contributed by atoms with van der Waals surface area (Å²) in [6.45, 7) is 15.2. The largest absolute Gasteiger partial charge is 0.444 e. The van der Waals surface area contributed by atoms with Gasteiger partial charge in [0.05, 0.1) is 46.4 Å². The lowest BCUT2D eigenvalue weighted by Gasteiger charge is -2.35. The fourth-order valence-electron chi connectivity index (χ4n) is 8.01. The minimum atomic E-state index is -0.653. The number of piperidine rings is 2. The number of aromatic nitrogens is 6. The molecule has 0 bridgehead atoms. The van der Waals surface area contributed by atoms with Gasteiger partial charge in [0.1, 0.15) is 5.60 Å². The number of fused-ring (bicyclic) bond motifs is 2. The summed E-state index contributed by atoms with van der Waals surface area (Å²) in [7, 11) is 0. The van der Waals surface area contributed by atoms with Gasteiger partial charge in [0.2, 0.25) is 0 Å². The van der Waals surface area contributed by atoms with Gasteiger partial charge in [-0.2, -0.15) is 5.26 Å². The number of rotatable bonds is 5. The molecule has 2 fully saturated rings. The number of nitrogens with one attached hydrogen (secondary N) is 3. The van der Waals surface area contributed by atoms with Gasteiger partial charge in [0.15, 0.2) is 11.3 Å². The number of likely N-dealkylation sites (tertiary alicyclic amines) is 2. The molecule has 0 unspecified atom stereocenters. The molecule has 2 atom stereocenters. The van der Waals surface area contributed by atoms with Crippen LogP contribution in [0.2, 0.25) is 0 Å². The van der Waals surface area contributed by atoms with Gasteiger partial charge in [-0.05, 0) is 111 Å². The summed E-state index contributed by atoms with van der Waals surface area (Å²) in [4.78, 5) is 77.1. The first-order valence-corrected chi connectivity index (χ1v) is 21.5. The first-order valence-electron chi connectivity index (χ1n) is 21.5. The van der Waals surface area contributed by atoms with E-state index < -0.39 is 11.7 Å². The Bertz CT molecular complexity index is 2870. The van der Waals surface area contributed by atoms with Gasteiger partial charge in [-0.1, -0.05) is 24.3 Å². The summed E-state index contributed by atoms with van der Waals surface area (Å²) in [5, 5.41) is 16.4. The predicted molar refractivity (Wildman–Crippen MR) is 252 cm³/mol. The number of ether oxygens (including phenoxy) is 1. The van der Waals surface area contributed by atoms with Crippen LogP contribution < -0.4 is 22.2 Å². The summed E-state index contributed by atoms with van der Waals surface area (Å²) < 4.78 is 8.26. The SMILES string of the molecule is CC#N.Cc1nc2cc([C@@H]3CCCCN3C(=O)c3ccccc3N)[nH]n2c(=O)c1C.Cc1nc2cc([C@@H]3CCCCN3C(=O)c3ccccc3NC(=O)OC(C)(C)C)[nH]n2c(=O)c1C.Cl. The van der Waals surface area contributed by atoms with Gasteiger partial charge in [-0.25, -0.2) is 23.8 Å². The highest BCUT2D eigenvalue weighted by Gasteiger charge is 2.33. The van der Waals surface area contributed by atoms with Gasteiger partial charge in [-0.3, -0.25) is 34.7 Å². The number of amides is 3. The zero-order chi connectivity index (χ0) is 46.5. The molecule has 5 N–H and O–H groups in total. The second-order valence-corrected chi connectivity index (χ2v) is 17.1. The molecule has 2 aliphatic heterocycles. The second-order valence-electron chi connectivity index (χ2n) is 17.1. The lowest BCUT2D eigenvalue weighted by Crippen LogP contribution is -2.39. The summed E-state index contributed by atoms with van der Waals surface area (Å²) in [6.07, 6.45) is 4.78. The van der Waals surface area contributed by atoms with E-state index in [1.54, 1.807) is 82.0 Å². The van der Waals surface area contributed by atoms with E-state index in [1.165, 1.54) is 16.0 Å². The Labute approximate surface area is 383 Å². The molecule has 8 rings (SSSR count). The molecule has 4 aromatic heterocycles. The maximum Gasteiger partial charge on any atom is 0.412 e. The van der Waals surface area contributed by atoms with Crippen molar-refractivity contribution in [3.63, 3.8) is 0 Å². The number of benzene rings is 2.